The van der Waals surface area contributed by atoms with Gasteiger partial charge in [0.15, 0.2) is 5.78 Å². The molecule has 4 rings (SSSR count). The zero-order valence-corrected chi connectivity index (χ0v) is 17.8. The highest BCUT2D eigenvalue weighted by Gasteiger charge is 2.32. The van der Waals surface area contributed by atoms with Crippen molar-refractivity contribution in [2.24, 2.45) is 11.8 Å². The molecule has 0 radical (unpaired) electrons. The number of pyridine rings is 1. The molecule has 0 bridgehead atoms. The Labute approximate surface area is 179 Å². The van der Waals surface area contributed by atoms with Gasteiger partial charge in [0.05, 0.1) is 0 Å². The number of likely N-dealkylation sites (tertiary alicyclic amines) is 2. The summed E-state index contributed by atoms with van der Waals surface area (Å²) in [5, 5.41) is 0. The number of carbonyl (C=O) groups is 2. The average molecular weight is 406 g/mol. The van der Waals surface area contributed by atoms with E-state index in [1.54, 1.807) is 0 Å². The van der Waals surface area contributed by atoms with Crippen LogP contribution in [0.25, 0.3) is 0 Å². The first-order valence-electron chi connectivity index (χ1n) is 11.1. The maximum absolute atomic E-state index is 13.0. The summed E-state index contributed by atoms with van der Waals surface area (Å²) in [4.78, 5) is 34.3. The van der Waals surface area contributed by atoms with E-state index in [1.807, 2.05) is 48.5 Å². The van der Waals surface area contributed by atoms with Crippen LogP contribution in [-0.2, 0) is 11.3 Å². The zero-order valence-electron chi connectivity index (χ0n) is 17.8. The lowest BCUT2D eigenvalue weighted by atomic mass is 9.87. The number of nitrogens with zero attached hydrogens (tertiary/aromatic N) is 3. The molecule has 2 aromatic rings. The molecule has 0 unspecified atom stereocenters. The van der Waals surface area contributed by atoms with Gasteiger partial charge in [0.2, 0.25) is 5.91 Å². The number of aromatic nitrogens is 1. The predicted molar refractivity (Wildman–Crippen MR) is 117 cm³/mol. The first kappa shape index (κ1) is 20.7. The van der Waals surface area contributed by atoms with Crippen molar-refractivity contribution in [2.45, 2.75) is 39.2 Å². The van der Waals surface area contributed by atoms with Gasteiger partial charge in [0.25, 0.3) is 0 Å². The second-order valence-corrected chi connectivity index (χ2v) is 8.74. The smallest absolute Gasteiger partial charge is 0.225 e. The molecule has 2 fully saturated rings. The van der Waals surface area contributed by atoms with Gasteiger partial charge in [0.1, 0.15) is 0 Å². The Morgan fingerprint density at radius 1 is 0.867 bits per heavy atom. The summed E-state index contributed by atoms with van der Waals surface area (Å²) < 4.78 is 0. The molecule has 3 heterocycles. The Kier molecular flexibility index (Phi) is 6.58. The Morgan fingerprint density at radius 2 is 1.47 bits per heavy atom. The van der Waals surface area contributed by atoms with Crippen molar-refractivity contribution < 1.29 is 9.59 Å². The average Bonchev–Trinajstić information content (AvgIpc) is 2.80. The van der Waals surface area contributed by atoms with Crippen LogP contribution in [0, 0.1) is 18.8 Å². The van der Waals surface area contributed by atoms with Crippen molar-refractivity contribution >= 4 is 11.7 Å². The van der Waals surface area contributed by atoms with Crippen LogP contribution < -0.4 is 0 Å². The fraction of sp³-hybridized carbons (Fsp3) is 0.480. The number of ketones is 1. The Balaban J connectivity index is 1.24. The molecule has 0 N–H and O–H groups in total. The molecule has 5 nitrogen and oxygen atoms in total. The predicted octanol–water partition coefficient (Wildman–Crippen LogP) is 3.72. The van der Waals surface area contributed by atoms with Gasteiger partial charge >= 0.3 is 0 Å². The molecule has 1 amide bonds. The number of aryl methyl sites for hydroxylation is 1. The van der Waals surface area contributed by atoms with Crippen LogP contribution >= 0.6 is 0 Å². The number of piperidine rings is 2. The lowest BCUT2D eigenvalue weighted by molar-refractivity contribution is -0.138. The molecular weight excluding hydrogens is 374 g/mol. The molecule has 1 aromatic carbocycles. The van der Waals surface area contributed by atoms with Gasteiger partial charge < -0.3 is 4.90 Å². The molecule has 0 spiro atoms. The summed E-state index contributed by atoms with van der Waals surface area (Å²) in [5.74, 6) is 0.688. The van der Waals surface area contributed by atoms with E-state index < -0.39 is 0 Å². The highest BCUT2D eigenvalue weighted by molar-refractivity contribution is 5.98. The van der Waals surface area contributed by atoms with Crippen LogP contribution in [0.1, 0.15) is 47.2 Å². The van der Waals surface area contributed by atoms with E-state index in [0.717, 1.165) is 50.9 Å². The molecule has 0 atom stereocenters. The maximum Gasteiger partial charge on any atom is 0.225 e. The second-order valence-electron chi connectivity index (χ2n) is 8.74. The summed E-state index contributed by atoms with van der Waals surface area (Å²) in [6, 6.07) is 11.9. The van der Waals surface area contributed by atoms with E-state index in [4.69, 9.17) is 0 Å². The number of amides is 1. The highest BCUT2D eigenvalue weighted by Crippen LogP contribution is 2.26. The van der Waals surface area contributed by atoms with E-state index in [9.17, 15) is 9.59 Å². The van der Waals surface area contributed by atoms with E-state index >= 15 is 0 Å². The maximum atomic E-state index is 13.0. The number of hydrogen-bond acceptors (Lipinski definition) is 4. The van der Waals surface area contributed by atoms with E-state index in [1.165, 1.54) is 11.1 Å². The summed E-state index contributed by atoms with van der Waals surface area (Å²) in [6.45, 7) is 6.29. The van der Waals surface area contributed by atoms with Gasteiger partial charge in [-0.05, 0) is 63.4 Å². The minimum absolute atomic E-state index is 0.0407. The molecule has 0 aliphatic carbocycles. The minimum atomic E-state index is 0.0407. The summed E-state index contributed by atoms with van der Waals surface area (Å²) in [7, 11) is 0. The van der Waals surface area contributed by atoms with Gasteiger partial charge in [-0.2, -0.15) is 0 Å². The zero-order chi connectivity index (χ0) is 20.9. The minimum Gasteiger partial charge on any atom is -0.342 e. The molecule has 0 saturated carbocycles. The fourth-order valence-corrected chi connectivity index (χ4v) is 4.66. The van der Waals surface area contributed by atoms with E-state index in [-0.39, 0.29) is 17.6 Å². The standard InChI is InChI=1S/C25H31N3O2/c1-19-2-4-21(5-3-19)24(29)22-10-16-28(17-11-22)25(30)23-8-14-27(15-9-23)18-20-6-12-26-13-7-20/h2-7,12-13,22-23H,8-11,14-18H2,1H3. The SMILES string of the molecule is Cc1ccc(C(=O)C2CCN(C(=O)C3CCN(Cc4ccncc4)CC3)CC2)cc1. The summed E-state index contributed by atoms with van der Waals surface area (Å²) >= 11 is 0. The normalized spacial score (nSPS) is 19.0. The second kappa shape index (κ2) is 9.52. The highest BCUT2D eigenvalue weighted by atomic mass is 16.2. The molecule has 2 saturated heterocycles. The van der Waals surface area contributed by atoms with Crippen LogP contribution in [-0.4, -0.2) is 52.7 Å². The molecule has 2 aliphatic heterocycles. The first-order valence-corrected chi connectivity index (χ1v) is 11.1. The first-order chi connectivity index (χ1) is 14.6. The van der Waals surface area contributed by atoms with Crippen LogP contribution in [0.4, 0.5) is 0 Å². The largest absolute Gasteiger partial charge is 0.342 e. The van der Waals surface area contributed by atoms with Crippen LogP contribution in [0.5, 0.6) is 0 Å². The lowest BCUT2D eigenvalue weighted by Crippen LogP contribution is -2.46. The number of hydrogen-bond donors (Lipinski definition) is 0. The molecular formula is C25H31N3O2. The molecule has 1 aromatic heterocycles. The molecule has 5 heteroatoms. The number of benzene rings is 1. The topological polar surface area (TPSA) is 53.5 Å². The monoisotopic (exact) mass is 405 g/mol. The van der Waals surface area contributed by atoms with Crippen LogP contribution in [0.15, 0.2) is 48.8 Å². The summed E-state index contributed by atoms with van der Waals surface area (Å²) in [6.07, 6.45) is 7.06. The third-order valence-electron chi connectivity index (χ3n) is 6.61. The molecule has 2 aliphatic rings. The number of Topliss-reactive ketones (excluding diaryl/α,β-unsaturated/α-hetero) is 1. The Morgan fingerprint density at radius 3 is 2.10 bits per heavy atom. The van der Waals surface area contributed by atoms with Gasteiger partial charge in [-0.3, -0.25) is 19.5 Å². The molecule has 158 valence electrons. The quantitative estimate of drug-likeness (QED) is 0.712. The van der Waals surface area contributed by atoms with Gasteiger partial charge in [0, 0.05) is 49.4 Å². The fourth-order valence-electron chi connectivity index (χ4n) is 4.66. The van der Waals surface area contributed by atoms with Crippen molar-refractivity contribution in [3.8, 4) is 0 Å². The van der Waals surface area contributed by atoms with E-state index in [0.29, 0.717) is 19.0 Å². The summed E-state index contributed by atoms with van der Waals surface area (Å²) in [5.41, 5.74) is 3.24. The van der Waals surface area contributed by atoms with Gasteiger partial charge in [-0.15, -0.1) is 0 Å². The van der Waals surface area contributed by atoms with Crippen molar-refractivity contribution in [1.82, 2.24) is 14.8 Å². The third-order valence-corrected chi connectivity index (χ3v) is 6.61. The van der Waals surface area contributed by atoms with Crippen LogP contribution in [0.3, 0.4) is 0 Å². The van der Waals surface area contributed by atoms with Crippen molar-refractivity contribution in [3.05, 3.63) is 65.5 Å². The van der Waals surface area contributed by atoms with Crippen molar-refractivity contribution in [2.75, 3.05) is 26.2 Å². The van der Waals surface area contributed by atoms with Gasteiger partial charge in [-0.25, -0.2) is 0 Å². The Hall–Kier alpha value is -2.53. The lowest BCUT2D eigenvalue weighted by Gasteiger charge is -2.37. The van der Waals surface area contributed by atoms with Crippen LogP contribution in [0.2, 0.25) is 0 Å². The Bertz CT molecular complexity index is 850. The van der Waals surface area contributed by atoms with Crippen molar-refractivity contribution in [3.63, 3.8) is 0 Å². The number of rotatable bonds is 5. The van der Waals surface area contributed by atoms with Crippen molar-refractivity contribution in [1.29, 1.82) is 0 Å². The van der Waals surface area contributed by atoms with E-state index in [2.05, 4.69) is 22.0 Å². The number of carbonyl (C=O) groups excluding carboxylic acids is 2. The molecule has 30 heavy (non-hydrogen) atoms. The van der Waals surface area contributed by atoms with Gasteiger partial charge in [-0.1, -0.05) is 29.8 Å². The third kappa shape index (κ3) is 4.96.